The summed E-state index contributed by atoms with van der Waals surface area (Å²) in [5, 5.41) is 0. The number of nitrogens with zero attached hydrogens (tertiary/aromatic N) is 1. The van der Waals surface area contributed by atoms with Crippen LogP contribution in [0.5, 0.6) is 0 Å². The van der Waals surface area contributed by atoms with Gasteiger partial charge in [0.2, 0.25) is 11.8 Å². The third-order valence-electron chi connectivity index (χ3n) is 3.72. The number of benzene rings is 2. The Morgan fingerprint density at radius 1 is 1.23 bits per heavy atom. The highest BCUT2D eigenvalue weighted by Crippen LogP contribution is 2.20. The number of halogens is 1. The van der Waals surface area contributed by atoms with Crippen LogP contribution >= 0.6 is 0 Å². The van der Waals surface area contributed by atoms with E-state index >= 15 is 0 Å². The van der Waals surface area contributed by atoms with Crippen molar-refractivity contribution in [3.8, 4) is 11.5 Å². The molecule has 26 heavy (non-hydrogen) atoms. The SMILES string of the molecule is Cc1ccc(C(N)=O)cc1C(=O)OCc1coc(-c2cccc(F)c2)n1. The van der Waals surface area contributed by atoms with Gasteiger partial charge in [-0.2, -0.15) is 0 Å². The van der Waals surface area contributed by atoms with Crippen molar-refractivity contribution in [1.82, 2.24) is 4.98 Å². The summed E-state index contributed by atoms with van der Waals surface area (Å²) in [6.07, 6.45) is 1.33. The van der Waals surface area contributed by atoms with Gasteiger partial charge in [0.25, 0.3) is 0 Å². The second kappa shape index (κ2) is 7.18. The van der Waals surface area contributed by atoms with Crippen molar-refractivity contribution in [1.29, 1.82) is 0 Å². The van der Waals surface area contributed by atoms with E-state index in [1.54, 1.807) is 25.1 Å². The molecule has 6 nitrogen and oxygen atoms in total. The van der Waals surface area contributed by atoms with Crippen LogP contribution in [0.3, 0.4) is 0 Å². The summed E-state index contributed by atoms with van der Waals surface area (Å²) in [4.78, 5) is 27.7. The fourth-order valence-corrected chi connectivity index (χ4v) is 2.34. The zero-order valence-electron chi connectivity index (χ0n) is 13.9. The molecule has 0 atom stereocenters. The molecular formula is C19H15FN2O4. The van der Waals surface area contributed by atoms with E-state index in [2.05, 4.69) is 4.98 Å². The van der Waals surface area contributed by atoms with Crippen LogP contribution in [0.1, 0.15) is 32.0 Å². The quantitative estimate of drug-likeness (QED) is 0.710. The minimum atomic E-state index is -0.629. The third-order valence-corrected chi connectivity index (χ3v) is 3.72. The number of hydrogen-bond acceptors (Lipinski definition) is 5. The van der Waals surface area contributed by atoms with Gasteiger partial charge in [0.15, 0.2) is 0 Å². The molecule has 2 aromatic carbocycles. The van der Waals surface area contributed by atoms with E-state index in [4.69, 9.17) is 14.9 Å². The van der Waals surface area contributed by atoms with Crippen LogP contribution < -0.4 is 5.73 Å². The van der Waals surface area contributed by atoms with Gasteiger partial charge in [0.05, 0.1) is 5.56 Å². The Kier molecular flexibility index (Phi) is 4.79. The van der Waals surface area contributed by atoms with Gasteiger partial charge < -0.3 is 14.9 Å². The number of nitrogens with two attached hydrogens (primary N) is 1. The summed E-state index contributed by atoms with van der Waals surface area (Å²) in [6, 6.07) is 10.4. The summed E-state index contributed by atoms with van der Waals surface area (Å²) < 4.78 is 23.8. The van der Waals surface area contributed by atoms with E-state index in [1.165, 1.54) is 30.5 Å². The topological polar surface area (TPSA) is 95.4 Å². The average molecular weight is 354 g/mol. The summed E-state index contributed by atoms with van der Waals surface area (Å²) in [5.41, 5.74) is 7.20. The Balaban J connectivity index is 1.71. The fraction of sp³-hybridized carbons (Fsp3) is 0.105. The molecule has 0 aliphatic rings. The second-order valence-electron chi connectivity index (χ2n) is 5.62. The van der Waals surface area contributed by atoms with Crippen LogP contribution in [0.25, 0.3) is 11.5 Å². The molecule has 3 aromatic rings. The van der Waals surface area contributed by atoms with E-state index in [-0.39, 0.29) is 23.6 Å². The van der Waals surface area contributed by atoms with Gasteiger partial charge >= 0.3 is 5.97 Å². The number of ether oxygens (including phenoxy) is 1. The number of carbonyl (C=O) groups excluding carboxylic acids is 2. The van der Waals surface area contributed by atoms with Gasteiger partial charge in [0, 0.05) is 11.1 Å². The van der Waals surface area contributed by atoms with E-state index in [0.29, 0.717) is 16.8 Å². The maximum Gasteiger partial charge on any atom is 0.338 e. The lowest BCUT2D eigenvalue weighted by Gasteiger charge is -2.07. The number of aryl methyl sites for hydroxylation is 1. The fourth-order valence-electron chi connectivity index (χ4n) is 2.34. The maximum absolute atomic E-state index is 13.3. The second-order valence-corrected chi connectivity index (χ2v) is 5.62. The summed E-state index contributed by atoms with van der Waals surface area (Å²) in [7, 11) is 0. The normalized spacial score (nSPS) is 10.5. The Bertz CT molecular complexity index is 981. The molecule has 0 saturated carbocycles. The van der Waals surface area contributed by atoms with Gasteiger partial charge in [0.1, 0.15) is 24.4 Å². The smallest absolute Gasteiger partial charge is 0.338 e. The first-order valence-electron chi connectivity index (χ1n) is 7.72. The van der Waals surface area contributed by atoms with Crippen molar-refractivity contribution in [2.45, 2.75) is 13.5 Å². The molecule has 0 bridgehead atoms. The molecule has 0 saturated heterocycles. The molecule has 0 aliphatic heterocycles. The van der Waals surface area contributed by atoms with Crippen molar-refractivity contribution < 1.29 is 23.1 Å². The summed E-state index contributed by atoms with van der Waals surface area (Å²) in [6.45, 7) is 1.59. The maximum atomic E-state index is 13.3. The van der Waals surface area contributed by atoms with Gasteiger partial charge in [-0.3, -0.25) is 4.79 Å². The van der Waals surface area contributed by atoms with E-state index in [0.717, 1.165) is 0 Å². The molecule has 0 fully saturated rings. The Morgan fingerprint density at radius 2 is 2.04 bits per heavy atom. The summed E-state index contributed by atoms with van der Waals surface area (Å²) >= 11 is 0. The minimum absolute atomic E-state index is 0.127. The van der Waals surface area contributed by atoms with Gasteiger partial charge in [-0.15, -0.1) is 0 Å². The molecular weight excluding hydrogens is 339 g/mol. The summed E-state index contributed by atoms with van der Waals surface area (Å²) in [5.74, 6) is -1.42. The minimum Gasteiger partial charge on any atom is -0.455 e. The number of hydrogen-bond donors (Lipinski definition) is 1. The van der Waals surface area contributed by atoms with Crippen molar-refractivity contribution >= 4 is 11.9 Å². The number of rotatable bonds is 5. The number of esters is 1. The third kappa shape index (κ3) is 3.77. The Hall–Kier alpha value is -3.48. The molecule has 7 heteroatoms. The molecule has 2 N–H and O–H groups in total. The van der Waals surface area contributed by atoms with Crippen molar-refractivity contribution in [3.05, 3.63) is 76.9 Å². The van der Waals surface area contributed by atoms with Crippen LogP contribution in [0.4, 0.5) is 4.39 Å². The average Bonchev–Trinajstić information content (AvgIpc) is 3.09. The van der Waals surface area contributed by atoms with Crippen LogP contribution in [0.2, 0.25) is 0 Å². The highest BCUT2D eigenvalue weighted by Gasteiger charge is 2.15. The monoisotopic (exact) mass is 354 g/mol. The number of amides is 1. The zero-order chi connectivity index (χ0) is 18.7. The van der Waals surface area contributed by atoms with Crippen molar-refractivity contribution in [3.63, 3.8) is 0 Å². The van der Waals surface area contributed by atoms with E-state index in [1.807, 2.05) is 0 Å². The Labute approximate surface area is 148 Å². The van der Waals surface area contributed by atoms with Crippen LogP contribution in [0.15, 0.2) is 53.1 Å². The lowest BCUT2D eigenvalue weighted by Crippen LogP contribution is -2.14. The number of primary amides is 1. The molecule has 132 valence electrons. The number of aromatic nitrogens is 1. The molecule has 1 amide bonds. The molecule has 1 aromatic heterocycles. The zero-order valence-corrected chi connectivity index (χ0v) is 13.9. The molecule has 1 heterocycles. The van der Waals surface area contributed by atoms with Crippen LogP contribution in [0, 0.1) is 12.7 Å². The first-order valence-corrected chi connectivity index (χ1v) is 7.72. The van der Waals surface area contributed by atoms with Crippen LogP contribution in [-0.4, -0.2) is 16.9 Å². The Morgan fingerprint density at radius 3 is 2.77 bits per heavy atom. The van der Waals surface area contributed by atoms with Crippen LogP contribution in [-0.2, 0) is 11.3 Å². The molecule has 0 spiro atoms. The van der Waals surface area contributed by atoms with Crippen molar-refractivity contribution in [2.75, 3.05) is 0 Å². The first kappa shape index (κ1) is 17.3. The standard InChI is InChI=1S/C19H15FN2O4/c1-11-5-6-12(17(21)23)8-16(11)19(24)26-10-15-9-25-18(22-15)13-3-2-4-14(20)7-13/h2-9H,10H2,1H3,(H2,21,23). The largest absolute Gasteiger partial charge is 0.455 e. The highest BCUT2D eigenvalue weighted by molar-refractivity contribution is 5.97. The molecule has 0 radical (unpaired) electrons. The van der Waals surface area contributed by atoms with Gasteiger partial charge in [-0.25, -0.2) is 14.2 Å². The predicted molar refractivity (Wildman–Crippen MR) is 90.7 cm³/mol. The number of carbonyl (C=O) groups is 2. The van der Waals surface area contributed by atoms with E-state index in [9.17, 15) is 14.0 Å². The predicted octanol–water partition coefficient (Wildman–Crippen LogP) is 3.25. The highest BCUT2D eigenvalue weighted by atomic mass is 19.1. The number of oxazole rings is 1. The van der Waals surface area contributed by atoms with Crippen molar-refractivity contribution in [2.24, 2.45) is 5.73 Å². The lowest BCUT2D eigenvalue weighted by molar-refractivity contribution is 0.0467. The van der Waals surface area contributed by atoms with E-state index < -0.39 is 17.7 Å². The molecule has 0 unspecified atom stereocenters. The lowest BCUT2D eigenvalue weighted by atomic mass is 10.0. The first-order chi connectivity index (χ1) is 12.4. The van der Waals surface area contributed by atoms with Gasteiger partial charge in [-0.05, 0) is 42.8 Å². The molecule has 3 rings (SSSR count). The van der Waals surface area contributed by atoms with Gasteiger partial charge in [-0.1, -0.05) is 12.1 Å². The molecule has 0 aliphatic carbocycles.